The molecule has 1 aromatic heterocycles. The van der Waals surface area contributed by atoms with Crippen LogP contribution in [0.15, 0.2) is 79.0 Å². The number of hydrogen-bond donors (Lipinski definition) is 8. The number of nitrogens with two attached hydrogens (primary N) is 1. The zero-order chi connectivity index (χ0) is 34.1. The zero-order valence-corrected chi connectivity index (χ0v) is 26.3. The summed E-state index contributed by atoms with van der Waals surface area (Å²) in [7, 11) is 0. The Morgan fingerprint density at radius 1 is 0.702 bits per heavy atom. The first-order valence-electron chi connectivity index (χ1n) is 15.4. The number of para-hydroxylation sites is 1. The SMILES string of the molecule is CC(C)CC(NC(=O)C(Cc1ccc(O)cc1)NC(=O)C(N)Cc1c[nH]c2ccccc12)C(=O)NC(Cc1ccc(O)cc1)C(=O)O. The fourth-order valence-corrected chi connectivity index (χ4v) is 5.30. The van der Waals surface area contributed by atoms with Gasteiger partial charge in [-0.2, -0.15) is 0 Å². The summed E-state index contributed by atoms with van der Waals surface area (Å²) in [4.78, 5) is 55.8. The number of aromatic nitrogens is 1. The van der Waals surface area contributed by atoms with Gasteiger partial charge in [-0.05, 0) is 65.8 Å². The Hall–Kier alpha value is -5.36. The van der Waals surface area contributed by atoms with Gasteiger partial charge in [-0.25, -0.2) is 4.79 Å². The van der Waals surface area contributed by atoms with Gasteiger partial charge in [-0.1, -0.05) is 56.3 Å². The summed E-state index contributed by atoms with van der Waals surface area (Å²) in [6, 6.07) is 15.2. The molecule has 3 amide bonds. The lowest BCUT2D eigenvalue weighted by Gasteiger charge is -2.26. The molecule has 4 unspecified atom stereocenters. The molecule has 0 saturated heterocycles. The van der Waals surface area contributed by atoms with Gasteiger partial charge < -0.3 is 42.0 Å². The highest BCUT2D eigenvalue weighted by Crippen LogP contribution is 2.19. The number of hydrogen-bond acceptors (Lipinski definition) is 7. The van der Waals surface area contributed by atoms with Crippen LogP contribution < -0.4 is 21.7 Å². The van der Waals surface area contributed by atoms with Crippen molar-refractivity contribution in [1.82, 2.24) is 20.9 Å². The molecule has 12 heteroatoms. The lowest BCUT2D eigenvalue weighted by Crippen LogP contribution is -2.58. The Balaban J connectivity index is 1.50. The number of carbonyl (C=O) groups is 4. The van der Waals surface area contributed by atoms with Crippen molar-refractivity contribution in [2.75, 3.05) is 0 Å². The van der Waals surface area contributed by atoms with Crippen molar-refractivity contribution in [3.63, 3.8) is 0 Å². The summed E-state index contributed by atoms with van der Waals surface area (Å²) in [5.74, 6) is -3.17. The molecule has 0 bridgehead atoms. The van der Waals surface area contributed by atoms with Crippen LogP contribution in [-0.2, 0) is 38.4 Å². The van der Waals surface area contributed by atoms with Crippen molar-refractivity contribution in [2.24, 2.45) is 11.7 Å². The summed E-state index contributed by atoms with van der Waals surface area (Å²) in [6.45, 7) is 3.72. The Kier molecular flexibility index (Phi) is 11.6. The summed E-state index contributed by atoms with van der Waals surface area (Å²) in [5.41, 5.74) is 9.28. The number of carboxylic acids is 1. The molecule has 4 atom stereocenters. The molecule has 47 heavy (non-hydrogen) atoms. The molecule has 3 aromatic carbocycles. The van der Waals surface area contributed by atoms with Crippen molar-refractivity contribution in [2.45, 2.75) is 63.7 Å². The third-order valence-electron chi connectivity index (χ3n) is 7.79. The lowest BCUT2D eigenvalue weighted by atomic mass is 9.99. The second kappa shape index (κ2) is 15.8. The van der Waals surface area contributed by atoms with Crippen LogP contribution in [0.3, 0.4) is 0 Å². The molecule has 248 valence electrons. The van der Waals surface area contributed by atoms with E-state index < -0.39 is 47.9 Å². The molecule has 0 saturated carbocycles. The van der Waals surface area contributed by atoms with E-state index in [1.807, 2.05) is 38.1 Å². The van der Waals surface area contributed by atoms with Crippen molar-refractivity contribution in [1.29, 1.82) is 0 Å². The third-order valence-corrected chi connectivity index (χ3v) is 7.79. The second-order valence-corrected chi connectivity index (χ2v) is 12.1. The van der Waals surface area contributed by atoms with E-state index in [0.29, 0.717) is 11.1 Å². The summed E-state index contributed by atoms with van der Waals surface area (Å²) in [6.07, 6.45) is 2.19. The summed E-state index contributed by atoms with van der Waals surface area (Å²) >= 11 is 0. The van der Waals surface area contributed by atoms with Crippen LogP contribution in [0.2, 0.25) is 0 Å². The summed E-state index contributed by atoms with van der Waals surface area (Å²) < 4.78 is 0. The average molecular weight is 644 g/mol. The molecule has 9 N–H and O–H groups in total. The van der Waals surface area contributed by atoms with Gasteiger partial charge in [0.25, 0.3) is 0 Å². The van der Waals surface area contributed by atoms with Gasteiger partial charge >= 0.3 is 5.97 Å². The minimum absolute atomic E-state index is 0.0252. The van der Waals surface area contributed by atoms with Crippen LogP contribution in [0.1, 0.15) is 37.0 Å². The van der Waals surface area contributed by atoms with E-state index >= 15 is 0 Å². The van der Waals surface area contributed by atoms with Crippen LogP contribution in [0.5, 0.6) is 11.5 Å². The molecular weight excluding hydrogens is 602 g/mol. The maximum absolute atomic E-state index is 13.8. The Morgan fingerprint density at radius 3 is 1.79 bits per heavy atom. The Labute approximate surface area is 272 Å². The van der Waals surface area contributed by atoms with E-state index in [1.54, 1.807) is 30.5 Å². The topological polar surface area (TPSA) is 207 Å². The van der Waals surface area contributed by atoms with E-state index in [4.69, 9.17) is 5.73 Å². The van der Waals surface area contributed by atoms with E-state index in [2.05, 4.69) is 20.9 Å². The number of aliphatic carboxylic acids is 1. The standard InChI is InChI=1S/C35H41N5O7/c1-20(2)15-29(33(44)40-31(35(46)47)17-22-9-13-25(42)14-10-22)39-34(45)30(16-21-7-11-24(41)12-8-21)38-32(43)27(36)18-23-19-37-28-6-4-3-5-26(23)28/h3-14,19-20,27,29-31,37,41-42H,15-18,36H2,1-2H3,(H,38,43)(H,39,45)(H,40,44)(H,46,47). The second-order valence-electron chi connectivity index (χ2n) is 12.1. The van der Waals surface area contributed by atoms with Gasteiger partial charge in [0, 0.05) is 29.9 Å². The van der Waals surface area contributed by atoms with E-state index in [0.717, 1.165) is 16.5 Å². The number of rotatable bonds is 15. The molecule has 0 aliphatic carbocycles. The number of benzene rings is 3. The molecule has 4 aromatic rings. The molecule has 0 aliphatic rings. The minimum Gasteiger partial charge on any atom is -0.508 e. The molecular formula is C35H41N5O7. The first kappa shape index (κ1) is 34.5. The maximum atomic E-state index is 13.8. The molecule has 0 radical (unpaired) electrons. The van der Waals surface area contributed by atoms with Crippen molar-refractivity contribution in [3.05, 3.63) is 95.7 Å². The molecule has 0 aliphatic heterocycles. The number of amides is 3. The maximum Gasteiger partial charge on any atom is 0.326 e. The zero-order valence-electron chi connectivity index (χ0n) is 26.3. The summed E-state index contributed by atoms with van der Waals surface area (Å²) in [5, 5.41) is 38.0. The van der Waals surface area contributed by atoms with Gasteiger partial charge in [0.15, 0.2) is 0 Å². The minimum atomic E-state index is -1.30. The fourth-order valence-electron chi connectivity index (χ4n) is 5.30. The number of carbonyl (C=O) groups excluding carboxylic acids is 3. The first-order valence-corrected chi connectivity index (χ1v) is 15.4. The van der Waals surface area contributed by atoms with Crippen LogP contribution in [0.25, 0.3) is 10.9 Å². The highest BCUT2D eigenvalue weighted by molar-refractivity contribution is 5.94. The molecule has 0 fully saturated rings. The highest BCUT2D eigenvalue weighted by atomic mass is 16.4. The van der Waals surface area contributed by atoms with Gasteiger partial charge in [-0.15, -0.1) is 0 Å². The van der Waals surface area contributed by atoms with Crippen LogP contribution in [0.4, 0.5) is 0 Å². The lowest BCUT2D eigenvalue weighted by molar-refractivity contribution is -0.142. The predicted octanol–water partition coefficient (Wildman–Crippen LogP) is 2.52. The molecule has 1 heterocycles. The van der Waals surface area contributed by atoms with Crippen LogP contribution in [-0.4, -0.2) is 68.2 Å². The molecule has 0 spiro atoms. The number of aromatic hydroxyl groups is 2. The normalized spacial score (nSPS) is 13.8. The fraction of sp³-hybridized carbons (Fsp3) is 0.314. The Morgan fingerprint density at radius 2 is 1.21 bits per heavy atom. The van der Waals surface area contributed by atoms with Gasteiger partial charge in [0.1, 0.15) is 29.6 Å². The number of carboxylic acid groups (broad SMARTS) is 1. The number of phenols is 2. The predicted molar refractivity (Wildman–Crippen MR) is 176 cm³/mol. The van der Waals surface area contributed by atoms with Gasteiger partial charge in [0.05, 0.1) is 6.04 Å². The molecule has 12 nitrogen and oxygen atoms in total. The number of aromatic amines is 1. The average Bonchev–Trinajstić information content (AvgIpc) is 3.44. The van der Waals surface area contributed by atoms with Crippen LogP contribution >= 0.6 is 0 Å². The number of H-pyrrole nitrogens is 1. The van der Waals surface area contributed by atoms with E-state index in [-0.39, 0.29) is 43.1 Å². The Bertz CT molecular complexity index is 1680. The third kappa shape index (κ3) is 9.81. The van der Waals surface area contributed by atoms with Crippen LogP contribution in [0, 0.1) is 5.92 Å². The van der Waals surface area contributed by atoms with E-state index in [1.165, 1.54) is 24.3 Å². The highest BCUT2D eigenvalue weighted by Gasteiger charge is 2.31. The van der Waals surface area contributed by atoms with Crippen molar-refractivity contribution in [3.8, 4) is 11.5 Å². The van der Waals surface area contributed by atoms with Crippen molar-refractivity contribution < 1.29 is 34.5 Å². The van der Waals surface area contributed by atoms with E-state index in [9.17, 15) is 34.5 Å². The quantitative estimate of drug-likeness (QED) is 0.0963. The first-order chi connectivity index (χ1) is 22.4. The van der Waals surface area contributed by atoms with Gasteiger partial charge in [-0.3, -0.25) is 14.4 Å². The van der Waals surface area contributed by atoms with Crippen molar-refractivity contribution >= 4 is 34.6 Å². The largest absolute Gasteiger partial charge is 0.508 e. The number of fused-ring (bicyclic) bond motifs is 1. The monoisotopic (exact) mass is 643 g/mol. The molecule has 4 rings (SSSR count). The van der Waals surface area contributed by atoms with Gasteiger partial charge in [0.2, 0.25) is 17.7 Å². The number of phenolic OH excluding ortho intramolecular Hbond substituents is 2. The number of nitrogens with one attached hydrogen (secondary N) is 4. The smallest absolute Gasteiger partial charge is 0.326 e.